The molecule has 1 atom stereocenters. The number of carbonyl (C=O) groups is 2. The Kier molecular flexibility index (Phi) is 3.36. The van der Waals surface area contributed by atoms with E-state index in [-0.39, 0.29) is 22.0 Å². The van der Waals surface area contributed by atoms with Crippen LogP contribution in [0.1, 0.15) is 11.4 Å². The molecule has 104 valence electrons. The minimum absolute atomic E-state index is 0.0851. The summed E-state index contributed by atoms with van der Waals surface area (Å²) >= 11 is 0.777. The lowest BCUT2D eigenvalue weighted by Crippen LogP contribution is -2.40. The fourth-order valence-corrected chi connectivity index (χ4v) is 2.74. The average molecular weight is 294 g/mol. The summed E-state index contributed by atoms with van der Waals surface area (Å²) in [7, 11) is 0. The van der Waals surface area contributed by atoms with Gasteiger partial charge >= 0.3 is 5.00 Å². The van der Waals surface area contributed by atoms with Crippen LogP contribution in [0.5, 0.6) is 0 Å². The standard InChI is InChI=1S/C11H10N4O4S/c12-8(16)6-1-3-11(4-2-6,9(13)17)10-14-5-7(20-10)15(18)19/h1-3,5H,4H2,(H2,12,16)(H2,13,17). The molecule has 0 spiro atoms. The van der Waals surface area contributed by atoms with Crippen molar-refractivity contribution in [3.05, 3.63) is 45.1 Å². The molecular formula is C11H10N4O4S. The maximum absolute atomic E-state index is 11.8. The Hall–Kier alpha value is -2.55. The van der Waals surface area contributed by atoms with Gasteiger partial charge < -0.3 is 11.5 Å². The van der Waals surface area contributed by atoms with Gasteiger partial charge in [0, 0.05) is 5.57 Å². The predicted octanol–water partition coefficient (Wildman–Crippen LogP) is 0.146. The van der Waals surface area contributed by atoms with E-state index in [1.807, 2.05) is 0 Å². The smallest absolute Gasteiger partial charge is 0.343 e. The van der Waals surface area contributed by atoms with Crippen molar-refractivity contribution in [2.24, 2.45) is 11.5 Å². The molecule has 0 saturated heterocycles. The molecule has 9 heteroatoms. The zero-order chi connectivity index (χ0) is 14.9. The number of amides is 2. The van der Waals surface area contributed by atoms with Crippen molar-refractivity contribution in [1.82, 2.24) is 4.98 Å². The lowest BCUT2D eigenvalue weighted by molar-refractivity contribution is -0.380. The maximum Gasteiger partial charge on any atom is 0.343 e. The van der Waals surface area contributed by atoms with Gasteiger partial charge in [0.05, 0.1) is 4.92 Å². The number of allylic oxidation sites excluding steroid dienone is 1. The molecule has 8 nitrogen and oxygen atoms in total. The van der Waals surface area contributed by atoms with Gasteiger partial charge in [-0.15, -0.1) is 0 Å². The van der Waals surface area contributed by atoms with E-state index in [9.17, 15) is 19.7 Å². The maximum atomic E-state index is 11.8. The Morgan fingerprint density at radius 1 is 1.45 bits per heavy atom. The molecule has 0 fully saturated rings. The lowest BCUT2D eigenvalue weighted by Gasteiger charge is -2.26. The highest BCUT2D eigenvalue weighted by atomic mass is 32.1. The highest BCUT2D eigenvalue weighted by molar-refractivity contribution is 7.15. The molecule has 0 saturated carbocycles. The number of primary amides is 2. The van der Waals surface area contributed by atoms with Crippen LogP contribution in [0.15, 0.2) is 30.0 Å². The number of nitro groups is 1. The molecule has 1 aliphatic carbocycles. The van der Waals surface area contributed by atoms with Crippen molar-refractivity contribution < 1.29 is 14.5 Å². The Bertz CT molecular complexity index is 663. The van der Waals surface area contributed by atoms with Gasteiger partial charge in [0.1, 0.15) is 16.6 Å². The Labute approximate surface area is 116 Å². The van der Waals surface area contributed by atoms with Crippen LogP contribution in [-0.2, 0) is 15.0 Å². The van der Waals surface area contributed by atoms with Crippen molar-refractivity contribution >= 4 is 28.2 Å². The second-order valence-electron chi connectivity index (χ2n) is 4.16. The number of nitrogens with zero attached hydrogens (tertiary/aromatic N) is 2. The minimum atomic E-state index is -1.28. The first-order valence-corrected chi connectivity index (χ1v) is 6.28. The van der Waals surface area contributed by atoms with E-state index in [4.69, 9.17) is 11.5 Å². The third kappa shape index (κ3) is 2.18. The topological polar surface area (TPSA) is 142 Å². The largest absolute Gasteiger partial charge is 0.369 e. The second-order valence-corrected chi connectivity index (χ2v) is 5.17. The second kappa shape index (κ2) is 4.85. The average Bonchev–Trinajstić information content (AvgIpc) is 2.88. The van der Waals surface area contributed by atoms with Gasteiger partial charge in [-0.1, -0.05) is 18.2 Å². The van der Waals surface area contributed by atoms with E-state index in [1.54, 1.807) is 0 Å². The molecule has 1 aromatic rings. The first-order chi connectivity index (χ1) is 9.36. The third-order valence-electron chi connectivity index (χ3n) is 2.97. The summed E-state index contributed by atoms with van der Waals surface area (Å²) in [5.74, 6) is -1.32. The van der Waals surface area contributed by atoms with Gasteiger partial charge in [-0.25, -0.2) is 4.98 Å². The zero-order valence-corrected chi connectivity index (χ0v) is 10.9. The van der Waals surface area contributed by atoms with Gasteiger partial charge in [0.15, 0.2) is 0 Å². The Balaban J connectivity index is 2.43. The Morgan fingerprint density at radius 3 is 2.55 bits per heavy atom. The summed E-state index contributed by atoms with van der Waals surface area (Å²) in [5.41, 5.74) is 9.52. The quantitative estimate of drug-likeness (QED) is 0.600. The molecule has 20 heavy (non-hydrogen) atoms. The number of thiazole rings is 1. The highest BCUT2D eigenvalue weighted by Gasteiger charge is 2.41. The fraction of sp³-hybridized carbons (Fsp3) is 0.182. The first kappa shape index (κ1) is 13.9. The van der Waals surface area contributed by atoms with E-state index in [1.165, 1.54) is 18.2 Å². The van der Waals surface area contributed by atoms with E-state index in [0.29, 0.717) is 0 Å². The molecular weight excluding hydrogens is 284 g/mol. The SMILES string of the molecule is NC(=O)C1=CCC(C(N)=O)(c2ncc([N+](=O)[O-])s2)C=C1. The third-order valence-corrected chi connectivity index (χ3v) is 4.10. The Morgan fingerprint density at radius 2 is 2.15 bits per heavy atom. The molecule has 1 aliphatic rings. The van der Waals surface area contributed by atoms with Gasteiger partial charge in [0.2, 0.25) is 11.8 Å². The van der Waals surface area contributed by atoms with Crippen LogP contribution in [0.25, 0.3) is 0 Å². The highest BCUT2D eigenvalue weighted by Crippen LogP contribution is 2.38. The molecule has 2 amide bonds. The molecule has 1 aromatic heterocycles. The van der Waals surface area contributed by atoms with Crippen LogP contribution < -0.4 is 11.5 Å². The van der Waals surface area contributed by atoms with E-state index in [2.05, 4.69) is 4.98 Å². The first-order valence-electron chi connectivity index (χ1n) is 5.46. The van der Waals surface area contributed by atoms with Crippen molar-refractivity contribution in [1.29, 1.82) is 0 Å². The minimum Gasteiger partial charge on any atom is -0.369 e. The monoisotopic (exact) mass is 294 g/mol. The molecule has 2 rings (SSSR count). The van der Waals surface area contributed by atoms with E-state index in [0.717, 1.165) is 17.5 Å². The molecule has 0 aliphatic heterocycles. The summed E-state index contributed by atoms with van der Waals surface area (Å²) in [6, 6.07) is 0. The van der Waals surface area contributed by atoms with Gasteiger partial charge in [0.25, 0.3) is 0 Å². The zero-order valence-electron chi connectivity index (χ0n) is 10.1. The van der Waals surface area contributed by atoms with Crippen LogP contribution in [-0.4, -0.2) is 21.7 Å². The fourth-order valence-electron chi connectivity index (χ4n) is 1.82. The van der Waals surface area contributed by atoms with Crippen molar-refractivity contribution in [3.8, 4) is 0 Å². The van der Waals surface area contributed by atoms with Gasteiger partial charge in [-0.3, -0.25) is 19.7 Å². The summed E-state index contributed by atoms with van der Waals surface area (Å²) in [4.78, 5) is 36.8. The molecule has 0 bridgehead atoms. The summed E-state index contributed by atoms with van der Waals surface area (Å²) < 4.78 is 0. The van der Waals surface area contributed by atoms with Gasteiger partial charge in [-0.05, 0) is 17.8 Å². The number of nitrogens with two attached hydrogens (primary N) is 2. The van der Waals surface area contributed by atoms with Crippen LogP contribution in [0.4, 0.5) is 5.00 Å². The lowest BCUT2D eigenvalue weighted by atomic mass is 9.79. The normalized spacial score (nSPS) is 21.3. The van der Waals surface area contributed by atoms with Crippen LogP contribution in [0, 0.1) is 10.1 Å². The molecule has 1 unspecified atom stereocenters. The van der Waals surface area contributed by atoms with Crippen LogP contribution in [0.2, 0.25) is 0 Å². The predicted molar refractivity (Wildman–Crippen MR) is 70.7 cm³/mol. The number of rotatable bonds is 4. The van der Waals surface area contributed by atoms with Crippen LogP contribution >= 0.6 is 11.3 Å². The van der Waals surface area contributed by atoms with Crippen molar-refractivity contribution in [3.63, 3.8) is 0 Å². The summed E-state index contributed by atoms with van der Waals surface area (Å²) in [5, 5.41) is 10.7. The van der Waals surface area contributed by atoms with Crippen molar-refractivity contribution in [2.45, 2.75) is 11.8 Å². The molecule has 1 heterocycles. The number of carbonyl (C=O) groups excluding carboxylic acids is 2. The summed E-state index contributed by atoms with van der Waals surface area (Å²) in [6.45, 7) is 0. The molecule has 0 radical (unpaired) electrons. The van der Waals surface area contributed by atoms with E-state index >= 15 is 0 Å². The number of aromatic nitrogens is 1. The number of hydrogen-bond acceptors (Lipinski definition) is 6. The van der Waals surface area contributed by atoms with Gasteiger partial charge in [-0.2, -0.15) is 0 Å². The number of hydrogen-bond donors (Lipinski definition) is 2. The van der Waals surface area contributed by atoms with E-state index < -0.39 is 22.2 Å². The van der Waals surface area contributed by atoms with Crippen molar-refractivity contribution in [2.75, 3.05) is 0 Å². The van der Waals surface area contributed by atoms with Crippen LogP contribution in [0.3, 0.4) is 0 Å². The summed E-state index contributed by atoms with van der Waals surface area (Å²) in [6.07, 6.45) is 5.43. The molecule has 4 N–H and O–H groups in total. The molecule has 0 aromatic carbocycles.